The molecule has 7 nitrogen and oxygen atoms in total. The first kappa shape index (κ1) is 21.1. The van der Waals surface area contributed by atoms with Crippen LogP contribution in [-0.4, -0.2) is 33.0 Å². The number of aromatic nitrogens is 3. The van der Waals surface area contributed by atoms with Gasteiger partial charge in [0.2, 0.25) is 5.95 Å². The Labute approximate surface area is 173 Å². The fourth-order valence-corrected chi connectivity index (χ4v) is 2.55. The lowest BCUT2D eigenvalue weighted by Gasteiger charge is -2.14. The molecule has 4 N–H and O–H groups in total. The zero-order valence-electron chi connectivity index (χ0n) is 15.1. The number of rotatable bonds is 6. The quantitative estimate of drug-likeness (QED) is 0.420. The summed E-state index contributed by atoms with van der Waals surface area (Å²) in [6.45, 7) is 0. The summed E-state index contributed by atoms with van der Waals surface area (Å²) in [4.78, 5) is 16.0. The van der Waals surface area contributed by atoms with Crippen molar-refractivity contribution in [2.75, 3.05) is 10.6 Å². The highest BCUT2D eigenvalue weighted by Gasteiger charge is 2.33. The number of carbonyl (C=O) groups excluding carboxylic acids is 1. The minimum absolute atomic E-state index is 0.00801. The number of nitrogens with zero attached hydrogens (tertiary/aromatic N) is 2. The third-order valence-electron chi connectivity index (χ3n) is 3.84. The van der Waals surface area contributed by atoms with E-state index in [-0.39, 0.29) is 17.2 Å². The van der Waals surface area contributed by atoms with Crippen LogP contribution in [0.15, 0.2) is 60.9 Å². The average molecular weight is 435 g/mol. The van der Waals surface area contributed by atoms with Crippen LogP contribution in [-0.2, 0) is 0 Å². The SMILES string of the molecule is N=C(/C=C(\Nc1ccccc1Cl)c1ccc(C(=O)Nc2nc[nH]n2)cc1)C(F)(F)F. The van der Waals surface area contributed by atoms with E-state index in [4.69, 9.17) is 17.0 Å². The lowest BCUT2D eigenvalue weighted by atomic mass is 10.1. The van der Waals surface area contributed by atoms with Crippen LogP contribution in [0.2, 0.25) is 5.02 Å². The Kier molecular flexibility index (Phi) is 6.17. The molecule has 0 radical (unpaired) electrons. The van der Waals surface area contributed by atoms with Gasteiger partial charge in [-0.1, -0.05) is 35.9 Å². The Morgan fingerprint density at radius 3 is 2.33 bits per heavy atom. The van der Waals surface area contributed by atoms with Crippen molar-refractivity contribution in [3.05, 3.63) is 77.1 Å². The summed E-state index contributed by atoms with van der Waals surface area (Å²) in [5, 5.41) is 19.0. The summed E-state index contributed by atoms with van der Waals surface area (Å²) in [7, 11) is 0. The van der Waals surface area contributed by atoms with Gasteiger partial charge < -0.3 is 5.32 Å². The predicted octanol–water partition coefficient (Wildman–Crippen LogP) is 4.75. The van der Waals surface area contributed by atoms with Crippen LogP contribution in [0.3, 0.4) is 0 Å². The molecule has 1 heterocycles. The van der Waals surface area contributed by atoms with Gasteiger partial charge in [0.05, 0.1) is 10.7 Å². The van der Waals surface area contributed by atoms with E-state index in [1.54, 1.807) is 24.3 Å². The highest BCUT2D eigenvalue weighted by molar-refractivity contribution is 6.33. The molecule has 3 aromatic rings. The van der Waals surface area contributed by atoms with Crippen molar-refractivity contribution in [3.8, 4) is 0 Å². The van der Waals surface area contributed by atoms with Gasteiger partial charge in [0.1, 0.15) is 12.0 Å². The minimum atomic E-state index is -4.82. The summed E-state index contributed by atoms with van der Waals surface area (Å²) in [5.74, 6) is -0.405. The molecule has 0 saturated heterocycles. The number of aromatic amines is 1. The number of H-pyrrole nitrogens is 1. The molecule has 0 aliphatic rings. The van der Waals surface area contributed by atoms with Gasteiger partial charge in [-0.25, -0.2) is 4.98 Å². The first-order valence-corrected chi connectivity index (χ1v) is 8.78. The van der Waals surface area contributed by atoms with Crippen LogP contribution in [0.5, 0.6) is 0 Å². The maximum Gasteiger partial charge on any atom is 0.432 e. The monoisotopic (exact) mass is 434 g/mol. The maximum absolute atomic E-state index is 12.9. The van der Waals surface area contributed by atoms with E-state index in [0.717, 1.165) is 0 Å². The number of carbonyl (C=O) groups is 1. The fourth-order valence-electron chi connectivity index (χ4n) is 2.37. The van der Waals surface area contributed by atoms with Crippen LogP contribution < -0.4 is 10.6 Å². The average Bonchev–Trinajstić information content (AvgIpc) is 3.21. The number of allylic oxidation sites excluding steroid dienone is 1. The van der Waals surface area contributed by atoms with Gasteiger partial charge in [-0.2, -0.15) is 13.2 Å². The summed E-state index contributed by atoms with van der Waals surface area (Å²) in [5.41, 5.74) is -0.619. The summed E-state index contributed by atoms with van der Waals surface area (Å²) >= 11 is 6.08. The molecule has 1 amide bonds. The van der Waals surface area contributed by atoms with Gasteiger partial charge in [0.15, 0.2) is 0 Å². The van der Waals surface area contributed by atoms with Crippen molar-refractivity contribution in [1.82, 2.24) is 15.2 Å². The maximum atomic E-state index is 12.9. The van der Waals surface area contributed by atoms with Gasteiger partial charge in [-0.05, 0) is 35.9 Å². The van der Waals surface area contributed by atoms with Crippen LogP contribution >= 0.6 is 11.6 Å². The lowest BCUT2D eigenvalue weighted by Crippen LogP contribution is -2.20. The summed E-state index contributed by atoms with van der Waals surface area (Å²) < 4.78 is 38.7. The fraction of sp³-hybridized carbons (Fsp3) is 0.0526. The number of hydrogen-bond acceptors (Lipinski definition) is 5. The first-order valence-electron chi connectivity index (χ1n) is 8.40. The molecule has 0 unspecified atom stereocenters. The Hall–Kier alpha value is -3.66. The van der Waals surface area contributed by atoms with Crippen molar-refractivity contribution >= 4 is 40.6 Å². The van der Waals surface area contributed by atoms with Gasteiger partial charge in [0.25, 0.3) is 5.91 Å². The van der Waals surface area contributed by atoms with E-state index >= 15 is 0 Å². The molecule has 154 valence electrons. The van der Waals surface area contributed by atoms with Crippen LogP contribution in [0.1, 0.15) is 15.9 Å². The normalized spacial score (nSPS) is 11.8. The first-order chi connectivity index (χ1) is 14.2. The zero-order chi connectivity index (χ0) is 21.7. The summed E-state index contributed by atoms with van der Waals surface area (Å²) in [6.07, 6.45) is -2.86. The van der Waals surface area contributed by atoms with E-state index in [1.165, 1.54) is 30.6 Å². The molecule has 0 saturated carbocycles. The molecular weight excluding hydrogens is 421 g/mol. The van der Waals surface area contributed by atoms with Crippen molar-refractivity contribution in [2.45, 2.75) is 6.18 Å². The van der Waals surface area contributed by atoms with E-state index in [9.17, 15) is 18.0 Å². The Morgan fingerprint density at radius 1 is 1.07 bits per heavy atom. The molecule has 0 bridgehead atoms. The number of para-hydroxylation sites is 1. The van der Waals surface area contributed by atoms with E-state index in [0.29, 0.717) is 22.3 Å². The number of hydrogen-bond donors (Lipinski definition) is 4. The van der Waals surface area contributed by atoms with E-state index in [1.807, 2.05) is 0 Å². The Morgan fingerprint density at radius 2 is 1.73 bits per heavy atom. The number of amides is 1. The molecular formula is C19H14ClF3N6O. The number of anilines is 2. The second-order valence-corrected chi connectivity index (χ2v) is 6.34. The molecule has 0 atom stereocenters. The second-order valence-electron chi connectivity index (χ2n) is 5.93. The molecule has 3 rings (SSSR count). The molecule has 0 aliphatic carbocycles. The molecule has 1 aromatic heterocycles. The molecule has 0 fully saturated rings. The second kappa shape index (κ2) is 8.78. The number of alkyl halides is 3. The zero-order valence-corrected chi connectivity index (χ0v) is 15.8. The minimum Gasteiger partial charge on any atom is -0.354 e. The largest absolute Gasteiger partial charge is 0.432 e. The van der Waals surface area contributed by atoms with E-state index in [2.05, 4.69) is 25.8 Å². The number of nitrogens with one attached hydrogen (secondary N) is 4. The van der Waals surface area contributed by atoms with Crippen molar-refractivity contribution in [2.24, 2.45) is 0 Å². The van der Waals surface area contributed by atoms with Gasteiger partial charge in [-0.15, -0.1) is 5.10 Å². The van der Waals surface area contributed by atoms with Gasteiger partial charge in [-0.3, -0.25) is 20.6 Å². The highest BCUT2D eigenvalue weighted by atomic mass is 35.5. The predicted molar refractivity (Wildman–Crippen MR) is 108 cm³/mol. The van der Waals surface area contributed by atoms with Gasteiger partial charge >= 0.3 is 6.18 Å². The topological polar surface area (TPSA) is 107 Å². The van der Waals surface area contributed by atoms with Crippen molar-refractivity contribution in [1.29, 1.82) is 5.41 Å². The van der Waals surface area contributed by atoms with E-state index < -0.39 is 17.8 Å². The molecule has 0 spiro atoms. The number of halogens is 4. The Bertz CT molecular complexity index is 1080. The molecule has 30 heavy (non-hydrogen) atoms. The van der Waals surface area contributed by atoms with Crippen LogP contribution in [0.4, 0.5) is 24.8 Å². The van der Waals surface area contributed by atoms with Crippen LogP contribution in [0.25, 0.3) is 5.70 Å². The third-order valence-corrected chi connectivity index (χ3v) is 4.17. The van der Waals surface area contributed by atoms with Gasteiger partial charge in [0, 0.05) is 11.3 Å². The molecule has 11 heteroatoms. The number of benzene rings is 2. The smallest absolute Gasteiger partial charge is 0.354 e. The molecule has 2 aromatic carbocycles. The van der Waals surface area contributed by atoms with Crippen molar-refractivity contribution in [3.63, 3.8) is 0 Å². The standard InChI is InChI=1S/C19H14ClF3N6O/c20-13-3-1-2-4-14(13)27-15(9-16(24)19(21,22)23)11-5-7-12(8-6-11)17(30)28-18-25-10-26-29-18/h1-10,24,27H,(H2,25,26,28,29,30)/b15-9-,24-16?. The Balaban J connectivity index is 1.89. The van der Waals surface area contributed by atoms with Crippen LogP contribution in [0, 0.1) is 5.41 Å². The van der Waals surface area contributed by atoms with Crippen molar-refractivity contribution < 1.29 is 18.0 Å². The third kappa shape index (κ3) is 5.23. The lowest BCUT2D eigenvalue weighted by molar-refractivity contribution is -0.0583. The molecule has 0 aliphatic heterocycles. The summed E-state index contributed by atoms with van der Waals surface area (Å²) in [6, 6.07) is 12.3. The highest BCUT2D eigenvalue weighted by Crippen LogP contribution is 2.27.